The summed E-state index contributed by atoms with van der Waals surface area (Å²) in [5.74, 6) is 0.965. The van der Waals surface area contributed by atoms with Gasteiger partial charge in [0.15, 0.2) is 0 Å². The number of benzene rings is 1. The third kappa shape index (κ3) is 4.37. The van der Waals surface area contributed by atoms with Crippen LogP contribution < -0.4 is 10.1 Å². The topological polar surface area (TPSA) is 21.3 Å². The van der Waals surface area contributed by atoms with Crippen molar-refractivity contribution in [1.82, 2.24) is 5.32 Å². The van der Waals surface area contributed by atoms with E-state index in [4.69, 9.17) is 0 Å². The Balaban J connectivity index is 2.21. The second-order valence-electron chi connectivity index (χ2n) is 5.87. The van der Waals surface area contributed by atoms with Crippen LogP contribution in [0.4, 0.5) is 13.2 Å². The van der Waals surface area contributed by atoms with Gasteiger partial charge in [-0.3, -0.25) is 0 Å². The molecule has 1 aromatic rings. The van der Waals surface area contributed by atoms with Crippen molar-refractivity contribution < 1.29 is 17.9 Å². The molecule has 0 heterocycles. The summed E-state index contributed by atoms with van der Waals surface area (Å²) >= 11 is 0. The molecular formula is C16H22F3NO. The van der Waals surface area contributed by atoms with Crippen molar-refractivity contribution in [1.29, 1.82) is 0 Å². The minimum atomic E-state index is -4.66. The van der Waals surface area contributed by atoms with Crippen LogP contribution in [0.25, 0.3) is 0 Å². The lowest BCUT2D eigenvalue weighted by Crippen LogP contribution is -2.29. The van der Waals surface area contributed by atoms with Crippen molar-refractivity contribution >= 4 is 0 Å². The number of alkyl halides is 3. The number of para-hydroxylation sites is 1. The average Bonchev–Trinajstić information content (AvgIpc) is 2.42. The molecule has 0 bridgehead atoms. The van der Waals surface area contributed by atoms with Crippen molar-refractivity contribution in [3.8, 4) is 5.75 Å². The monoisotopic (exact) mass is 301 g/mol. The summed E-state index contributed by atoms with van der Waals surface area (Å²) < 4.78 is 41.8. The first-order chi connectivity index (χ1) is 9.90. The van der Waals surface area contributed by atoms with Crippen LogP contribution in [0.1, 0.15) is 44.2 Å². The molecule has 0 saturated heterocycles. The van der Waals surface area contributed by atoms with Crippen LogP contribution in [0.5, 0.6) is 5.75 Å². The molecular weight excluding hydrogens is 279 g/mol. The average molecular weight is 301 g/mol. The van der Waals surface area contributed by atoms with Crippen molar-refractivity contribution in [3.05, 3.63) is 29.8 Å². The number of rotatable bonds is 4. The number of hydrogen-bond donors (Lipinski definition) is 1. The number of halogens is 3. The molecule has 2 rings (SSSR count). The van der Waals surface area contributed by atoms with Gasteiger partial charge in [0.25, 0.3) is 0 Å². The predicted octanol–water partition coefficient (Wildman–Crippen LogP) is 4.67. The second-order valence-corrected chi connectivity index (χ2v) is 5.87. The summed E-state index contributed by atoms with van der Waals surface area (Å²) in [7, 11) is 1.80. The van der Waals surface area contributed by atoms with Crippen molar-refractivity contribution in [3.63, 3.8) is 0 Å². The molecule has 0 spiro atoms. The molecule has 1 aromatic carbocycles. The third-order valence-corrected chi connectivity index (χ3v) is 4.32. The Morgan fingerprint density at radius 3 is 2.33 bits per heavy atom. The molecule has 0 amide bonds. The molecule has 1 N–H and O–H groups in total. The van der Waals surface area contributed by atoms with Crippen molar-refractivity contribution in [2.75, 3.05) is 7.05 Å². The van der Waals surface area contributed by atoms with E-state index >= 15 is 0 Å². The maximum absolute atomic E-state index is 12.5. The highest BCUT2D eigenvalue weighted by Gasteiger charge is 2.34. The molecule has 1 aliphatic rings. The van der Waals surface area contributed by atoms with Crippen LogP contribution in [0, 0.1) is 11.8 Å². The highest BCUT2D eigenvalue weighted by atomic mass is 19.4. The minimum Gasteiger partial charge on any atom is -0.405 e. The van der Waals surface area contributed by atoms with Gasteiger partial charge in [-0.15, -0.1) is 13.2 Å². The van der Waals surface area contributed by atoms with E-state index in [0.717, 1.165) is 25.7 Å². The van der Waals surface area contributed by atoms with Gasteiger partial charge >= 0.3 is 6.36 Å². The molecule has 0 radical (unpaired) electrons. The lowest BCUT2D eigenvalue weighted by atomic mass is 9.77. The summed E-state index contributed by atoms with van der Waals surface area (Å²) in [5, 5.41) is 3.18. The van der Waals surface area contributed by atoms with Crippen LogP contribution in [0.15, 0.2) is 24.3 Å². The fourth-order valence-electron chi connectivity index (χ4n) is 3.22. The summed E-state index contributed by atoms with van der Waals surface area (Å²) in [4.78, 5) is 0. The van der Waals surface area contributed by atoms with Gasteiger partial charge in [-0.2, -0.15) is 0 Å². The molecule has 0 aliphatic heterocycles. The van der Waals surface area contributed by atoms with Gasteiger partial charge in [-0.1, -0.05) is 38.0 Å². The first-order valence-electron chi connectivity index (χ1n) is 7.42. The van der Waals surface area contributed by atoms with Crippen LogP contribution in [0.2, 0.25) is 0 Å². The van der Waals surface area contributed by atoms with E-state index in [-0.39, 0.29) is 11.8 Å². The SMILES string of the molecule is CNC(c1ccccc1OC(F)(F)F)C1CCC(C)CC1. The standard InChI is InChI=1S/C16H22F3NO/c1-11-7-9-12(10-8-11)15(20-2)13-5-3-4-6-14(13)21-16(17,18)19/h3-6,11-12,15,20H,7-10H2,1-2H3. The van der Waals surface area contributed by atoms with Gasteiger partial charge in [0, 0.05) is 11.6 Å². The molecule has 0 aromatic heterocycles. The lowest BCUT2D eigenvalue weighted by Gasteiger charge is -2.33. The zero-order chi connectivity index (χ0) is 15.5. The molecule has 1 saturated carbocycles. The molecule has 1 atom stereocenters. The summed E-state index contributed by atoms with van der Waals surface area (Å²) in [6.07, 6.45) is -0.328. The summed E-state index contributed by atoms with van der Waals surface area (Å²) in [6, 6.07) is 6.34. The quantitative estimate of drug-likeness (QED) is 0.872. The number of ether oxygens (including phenoxy) is 1. The third-order valence-electron chi connectivity index (χ3n) is 4.32. The molecule has 1 unspecified atom stereocenters. The maximum Gasteiger partial charge on any atom is 0.573 e. The summed E-state index contributed by atoms with van der Waals surface area (Å²) in [6.45, 7) is 2.23. The van der Waals surface area contributed by atoms with Gasteiger partial charge in [0.05, 0.1) is 0 Å². The van der Waals surface area contributed by atoms with E-state index in [1.54, 1.807) is 25.2 Å². The Morgan fingerprint density at radius 1 is 1.14 bits per heavy atom. The van der Waals surface area contributed by atoms with Gasteiger partial charge in [-0.25, -0.2) is 0 Å². The Labute approximate surface area is 123 Å². The molecule has 1 aliphatic carbocycles. The van der Waals surface area contributed by atoms with E-state index in [0.29, 0.717) is 17.4 Å². The Hall–Kier alpha value is -1.23. The predicted molar refractivity (Wildman–Crippen MR) is 76.0 cm³/mol. The van der Waals surface area contributed by atoms with Gasteiger partial charge in [-0.05, 0) is 37.8 Å². The molecule has 5 heteroatoms. The van der Waals surface area contributed by atoms with E-state index in [9.17, 15) is 13.2 Å². The minimum absolute atomic E-state index is 0.0945. The molecule has 118 valence electrons. The second kappa shape index (κ2) is 6.69. The normalized spacial score (nSPS) is 24.6. The highest BCUT2D eigenvalue weighted by molar-refractivity contribution is 5.36. The first-order valence-corrected chi connectivity index (χ1v) is 7.42. The molecule has 2 nitrogen and oxygen atoms in total. The van der Waals surface area contributed by atoms with E-state index < -0.39 is 6.36 Å². The zero-order valence-electron chi connectivity index (χ0n) is 12.4. The van der Waals surface area contributed by atoms with Crippen molar-refractivity contribution in [2.45, 2.75) is 45.0 Å². The highest BCUT2D eigenvalue weighted by Crippen LogP contribution is 2.40. The Kier molecular flexibility index (Phi) is 5.14. The van der Waals surface area contributed by atoms with Gasteiger partial charge in [0.2, 0.25) is 0 Å². The number of nitrogens with one attached hydrogen (secondary N) is 1. The van der Waals surface area contributed by atoms with E-state index in [1.165, 1.54) is 6.07 Å². The first kappa shape index (κ1) is 16.1. The van der Waals surface area contributed by atoms with E-state index in [1.807, 2.05) is 0 Å². The van der Waals surface area contributed by atoms with Crippen LogP contribution in [0.3, 0.4) is 0 Å². The fraction of sp³-hybridized carbons (Fsp3) is 0.625. The van der Waals surface area contributed by atoms with Crippen molar-refractivity contribution in [2.24, 2.45) is 11.8 Å². The lowest BCUT2D eigenvalue weighted by molar-refractivity contribution is -0.275. The molecule has 1 fully saturated rings. The molecule has 21 heavy (non-hydrogen) atoms. The van der Waals surface area contributed by atoms with Crippen LogP contribution >= 0.6 is 0 Å². The van der Waals surface area contributed by atoms with Crippen LogP contribution in [-0.4, -0.2) is 13.4 Å². The van der Waals surface area contributed by atoms with E-state index in [2.05, 4.69) is 17.0 Å². The number of hydrogen-bond acceptors (Lipinski definition) is 2. The Morgan fingerprint density at radius 2 is 1.76 bits per heavy atom. The largest absolute Gasteiger partial charge is 0.573 e. The maximum atomic E-state index is 12.5. The zero-order valence-corrected chi connectivity index (χ0v) is 12.4. The van der Waals surface area contributed by atoms with Gasteiger partial charge < -0.3 is 10.1 Å². The Bertz CT molecular complexity index is 453. The summed E-state index contributed by atoms with van der Waals surface area (Å²) in [5.41, 5.74) is 0.594. The van der Waals surface area contributed by atoms with Gasteiger partial charge in [0.1, 0.15) is 5.75 Å². The fourth-order valence-corrected chi connectivity index (χ4v) is 3.22. The van der Waals surface area contributed by atoms with Crippen LogP contribution in [-0.2, 0) is 0 Å². The smallest absolute Gasteiger partial charge is 0.405 e.